The van der Waals surface area contributed by atoms with E-state index in [0.29, 0.717) is 5.56 Å². The fourth-order valence-corrected chi connectivity index (χ4v) is 1.97. The van der Waals surface area contributed by atoms with Crippen LogP contribution in [0.1, 0.15) is 15.9 Å². The fourth-order valence-electron chi connectivity index (χ4n) is 1.97. The van der Waals surface area contributed by atoms with E-state index in [4.69, 9.17) is 0 Å². The number of hydrogen-bond donors (Lipinski definition) is 0. The first-order valence-corrected chi connectivity index (χ1v) is 6.76. The molecule has 0 aliphatic rings. The molecule has 2 rings (SSSR count). The van der Waals surface area contributed by atoms with Gasteiger partial charge in [-0.15, -0.1) is 0 Å². The molecule has 0 fully saturated rings. The molecule has 0 radical (unpaired) electrons. The van der Waals surface area contributed by atoms with Crippen LogP contribution in [0, 0.1) is 5.92 Å². The zero-order valence-electron chi connectivity index (χ0n) is 11.9. The Hall–Kier alpha value is -2.63. The lowest BCUT2D eigenvalue weighted by Gasteiger charge is -2.18. The summed E-state index contributed by atoms with van der Waals surface area (Å²) in [5, 5.41) is 0. The number of esters is 1. The smallest absolute Gasteiger partial charge is 0.409 e. The molecule has 0 aromatic heterocycles. The molecular formula is C17H13F3O3. The summed E-state index contributed by atoms with van der Waals surface area (Å²) in [6, 6.07) is 15.1. The third-order valence-corrected chi connectivity index (χ3v) is 3.11. The second-order valence-electron chi connectivity index (χ2n) is 4.80. The van der Waals surface area contributed by atoms with Gasteiger partial charge in [-0.1, -0.05) is 60.7 Å². The van der Waals surface area contributed by atoms with Gasteiger partial charge in [-0.3, -0.25) is 9.59 Å². The summed E-state index contributed by atoms with van der Waals surface area (Å²) in [5.41, 5.74) is 0.348. The van der Waals surface area contributed by atoms with Gasteiger partial charge in [-0.25, -0.2) is 0 Å². The molecular weight excluding hydrogens is 309 g/mol. The van der Waals surface area contributed by atoms with Gasteiger partial charge in [0.2, 0.25) is 5.92 Å². The SMILES string of the molecule is O=C(OCc1ccccc1)C(C(=O)c1ccccc1)C(F)(F)F. The lowest BCUT2D eigenvalue weighted by atomic mass is 9.97. The van der Waals surface area contributed by atoms with Crippen LogP contribution in [0.5, 0.6) is 0 Å². The third-order valence-electron chi connectivity index (χ3n) is 3.11. The Labute approximate surface area is 130 Å². The van der Waals surface area contributed by atoms with Gasteiger partial charge in [0.05, 0.1) is 0 Å². The van der Waals surface area contributed by atoms with E-state index in [1.165, 1.54) is 24.3 Å². The van der Waals surface area contributed by atoms with E-state index in [1.807, 2.05) is 0 Å². The maximum atomic E-state index is 13.1. The van der Waals surface area contributed by atoms with Crippen molar-refractivity contribution in [2.75, 3.05) is 0 Å². The topological polar surface area (TPSA) is 43.4 Å². The van der Waals surface area contributed by atoms with Crippen LogP contribution in [-0.4, -0.2) is 17.9 Å². The maximum Gasteiger partial charge on any atom is 0.409 e. The van der Waals surface area contributed by atoms with E-state index in [2.05, 4.69) is 4.74 Å². The van der Waals surface area contributed by atoms with Gasteiger partial charge in [-0.05, 0) is 5.56 Å². The predicted molar refractivity (Wildman–Crippen MR) is 76.6 cm³/mol. The van der Waals surface area contributed by atoms with Crippen LogP contribution >= 0.6 is 0 Å². The van der Waals surface area contributed by atoms with Gasteiger partial charge in [0.25, 0.3) is 0 Å². The molecule has 0 saturated heterocycles. The average molecular weight is 322 g/mol. The van der Waals surface area contributed by atoms with Gasteiger partial charge in [0.15, 0.2) is 5.78 Å². The first-order valence-electron chi connectivity index (χ1n) is 6.76. The van der Waals surface area contributed by atoms with Gasteiger partial charge in [0, 0.05) is 5.56 Å². The second kappa shape index (κ2) is 7.09. The first kappa shape index (κ1) is 16.7. The Kier molecular flexibility index (Phi) is 5.16. The maximum absolute atomic E-state index is 13.1. The van der Waals surface area contributed by atoms with Gasteiger partial charge in [-0.2, -0.15) is 13.2 Å². The number of hydrogen-bond acceptors (Lipinski definition) is 3. The number of ether oxygens (including phenoxy) is 1. The minimum atomic E-state index is -5.01. The number of halogens is 3. The predicted octanol–water partition coefficient (Wildman–Crippen LogP) is 3.79. The van der Waals surface area contributed by atoms with E-state index in [1.54, 1.807) is 36.4 Å². The summed E-state index contributed by atoms with van der Waals surface area (Å²) in [6.07, 6.45) is -5.01. The van der Waals surface area contributed by atoms with Gasteiger partial charge in [0.1, 0.15) is 6.61 Å². The van der Waals surface area contributed by atoms with Crippen molar-refractivity contribution in [3.8, 4) is 0 Å². The highest BCUT2D eigenvalue weighted by molar-refractivity contribution is 6.09. The summed E-state index contributed by atoms with van der Waals surface area (Å²) in [5.74, 6) is -5.75. The Morgan fingerprint density at radius 3 is 1.96 bits per heavy atom. The van der Waals surface area contributed by atoms with Crippen LogP contribution in [-0.2, 0) is 16.1 Å². The highest BCUT2D eigenvalue weighted by Crippen LogP contribution is 2.30. The first-order chi connectivity index (χ1) is 10.9. The Bertz CT molecular complexity index is 666. The highest BCUT2D eigenvalue weighted by Gasteiger charge is 2.51. The Morgan fingerprint density at radius 1 is 0.913 bits per heavy atom. The minimum absolute atomic E-state index is 0.188. The summed E-state index contributed by atoms with van der Waals surface area (Å²) in [6.45, 7) is -0.325. The molecule has 0 aliphatic heterocycles. The Balaban J connectivity index is 2.15. The molecule has 2 aromatic carbocycles. The van der Waals surface area contributed by atoms with Gasteiger partial charge >= 0.3 is 12.1 Å². The van der Waals surface area contributed by atoms with Crippen molar-refractivity contribution in [1.82, 2.24) is 0 Å². The number of Topliss-reactive ketones (excluding diaryl/α,β-unsaturated/α-hetero) is 1. The lowest BCUT2D eigenvalue weighted by molar-refractivity contribution is -0.188. The van der Waals surface area contributed by atoms with Crippen LogP contribution in [0.25, 0.3) is 0 Å². The number of carbonyl (C=O) groups excluding carboxylic acids is 2. The number of rotatable bonds is 5. The van der Waals surface area contributed by atoms with Crippen LogP contribution in [0.3, 0.4) is 0 Å². The molecule has 0 aliphatic carbocycles. The second-order valence-corrected chi connectivity index (χ2v) is 4.80. The van der Waals surface area contributed by atoms with Crippen molar-refractivity contribution in [3.63, 3.8) is 0 Å². The number of benzene rings is 2. The van der Waals surface area contributed by atoms with Crippen molar-refractivity contribution < 1.29 is 27.5 Å². The minimum Gasteiger partial charge on any atom is -0.460 e. The molecule has 1 atom stereocenters. The number of alkyl halides is 3. The van der Waals surface area contributed by atoms with E-state index in [0.717, 1.165) is 0 Å². The van der Waals surface area contributed by atoms with Crippen LogP contribution in [0.2, 0.25) is 0 Å². The van der Waals surface area contributed by atoms with E-state index in [-0.39, 0.29) is 12.2 Å². The molecule has 1 unspecified atom stereocenters. The monoisotopic (exact) mass is 322 g/mol. The zero-order chi connectivity index (χ0) is 16.9. The summed E-state index contributed by atoms with van der Waals surface area (Å²) >= 11 is 0. The lowest BCUT2D eigenvalue weighted by Crippen LogP contribution is -2.38. The molecule has 23 heavy (non-hydrogen) atoms. The largest absolute Gasteiger partial charge is 0.460 e. The molecule has 0 bridgehead atoms. The van der Waals surface area contributed by atoms with Gasteiger partial charge < -0.3 is 4.74 Å². The van der Waals surface area contributed by atoms with Crippen molar-refractivity contribution in [2.24, 2.45) is 5.92 Å². The quantitative estimate of drug-likeness (QED) is 0.478. The molecule has 0 heterocycles. The Morgan fingerprint density at radius 2 is 1.43 bits per heavy atom. The summed E-state index contributed by atoms with van der Waals surface area (Å²) in [4.78, 5) is 23.8. The molecule has 0 N–H and O–H groups in total. The molecule has 6 heteroatoms. The van der Waals surface area contributed by atoms with E-state index < -0.39 is 23.8 Å². The summed E-state index contributed by atoms with van der Waals surface area (Å²) < 4.78 is 44.0. The highest BCUT2D eigenvalue weighted by atomic mass is 19.4. The van der Waals surface area contributed by atoms with Crippen LogP contribution < -0.4 is 0 Å². The molecule has 0 saturated carbocycles. The fraction of sp³-hybridized carbons (Fsp3) is 0.176. The van der Waals surface area contributed by atoms with E-state index >= 15 is 0 Å². The molecule has 0 amide bonds. The number of carbonyl (C=O) groups is 2. The summed E-state index contributed by atoms with van der Waals surface area (Å²) in [7, 11) is 0. The van der Waals surface area contributed by atoms with Crippen molar-refractivity contribution in [1.29, 1.82) is 0 Å². The molecule has 120 valence electrons. The number of ketones is 1. The standard InChI is InChI=1S/C17H13F3O3/c18-17(19,20)14(15(21)13-9-5-2-6-10-13)16(22)23-11-12-7-3-1-4-8-12/h1-10,14H,11H2. The van der Waals surface area contributed by atoms with Crippen molar-refractivity contribution >= 4 is 11.8 Å². The molecule has 0 spiro atoms. The third kappa shape index (κ3) is 4.42. The molecule has 3 nitrogen and oxygen atoms in total. The van der Waals surface area contributed by atoms with Crippen LogP contribution in [0.15, 0.2) is 60.7 Å². The molecule has 2 aromatic rings. The van der Waals surface area contributed by atoms with E-state index in [9.17, 15) is 22.8 Å². The zero-order valence-corrected chi connectivity index (χ0v) is 11.9. The van der Waals surface area contributed by atoms with Crippen molar-refractivity contribution in [3.05, 3.63) is 71.8 Å². The average Bonchev–Trinajstić information content (AvgIpc) is 2.53. The normalized spacial score (nSPS) is 12.5. The van der Waals surface area contributed by atoms with Crippen LogP contribution in [0.4, 0.5) is 13.2 Å². The van der Waals surface area contributed by atoms with Crippen molar-refractivity contribution in [2.45, 2.75) is 12.8 Å².